The number of ether oxygens (including phenoxy) is 4. The lowest BCUT2D eigenvalue weighted by atomic mass is 10.0. The quantitative estimate of drug-likeness (QED) is 0.103. The third kappa shape index (κ3) is 20.2. The Morgan fingerprint density at radius 3 is 1.80 bits per heavy atom. The molecule has 5 N–H and O–H groups in total. The maximum absolute atomic E-state index is 13.4. The van der Waals surface area contributed by atoms with Crippen LogP contribution in [0, 0.1) is 0 Å². The largest absolute Gasteiger partial charge is 0.460 e. The standard InChI is InChI=1S/C39H60N6O10/c1-25(42-32(47)30(21-27-22-40-24-41-27)45-36(51)52-23-26-16-12-11-13-17-26)15-14-18-28(33(48)54-38(5,6)7)43-35(50)44-29(34(49)55-39(8,9)10)19-20-31(46)53-37(2,3)4/h11-13,16-17,22,24-25,28-30H,14-15,18-21,23H2,1-10H3,(H,40,41)(H,42,47)(H,45,51)(H2,43,44,50)/t25?,28-,29-,30-/m0/s1. The Kier molecular flexibility index (Phi) is 17.6. The summed E-state index contributed by atoms with van der Waals surface area (Å²) in [5.74, 6) is -2.46. The number of alkyl carbamates (subject to hydrolysis) is 1. The molecule has 0 saturated carbocycles. The summed E-state index contributed by atoms with van der Waals surface area (Å²) in [5, 5.41) is 10.7. The number of benzene rings is 1. The number of nitrogens with one attached hydrogen (secondary N) is 5. The number of amides is 4. The zero-order chi connectivity index (χ0) is 41.4. The number of H-pyrrole nitrogens is 1. The molecule has 2 rings (SSSR count). The molecule has 0 aliphatic carbocycles. The van der Waals surface area contributed by atoms with E-state index >= 15 is 0 Å². The molecular formula is C39H60N6O10. The zero-order valence-corrected chi connectivity index (χ0v) is 33.8. The molecule has 306 valence electrons. The smallest absolute Gasteiger partial charge is 0.408 e. The minimum atomic E-state index is -1.22. The molecule has 0 spiro atoms. The van der Waals surface area contributed by atoms with E-state index in [0.717, 1.165) is 5.56 Å². The number of esters is 3. The molecule has 16 heteroatoms. The van der Waals surface area contributed by atoms with Crippen LogP contribution in [-0.2, 0) is 51.2 Å². The van der Waals surface area contributed by atoms with Crippen molar-refractivity contribution in [3.63, 3.8) is 0 Å². The van der Waals surface area contributed by atoms with Crippen LogP contribution in [0.5, 0.6) is 0 Å². The average Bonchev–Trinajstić information content (AvgIpc) is 3.56. The highest BCUT2D eigenvalue weighted by Crippen LogP contribution is 2.16. The highest BCUT2D eigenvalue weighted by Gasteiger charge is 2.32. The van der Waals surface area contributed by atoms with Gasteiger partial charge in [-0.05, 0) is 100 Å². The maximum atomic E-state index is 13.4. The Balaban J connectivity index is 2.07. The first-order valence-corrected chi connectivity index (χ1v) is 18.5. The lowest BCUT2D eigenvalue weighted by Gasteiger charge is -2.27. The number of carbonyl (C=O) groups is 6. The Bertz CT molecular complexity index is 1550. The SMILES string of the molecule is CC(CCC[C@H](NC(=O)N[C@@H](CCC(=O)OC(C)(C)C)C(=O)OC(C)(C)C)C(=O)OC(C)(C)C)NC(=O)[C@H](Cc1cnc[nH]1)NC(=O)OCc1ccccc1. The van der Waals surface area contributed by atoms with Crippen LogP contribution < -0.4 is 21.3 Å². The third-order valence-electron chi connectivity index (χ3n) is 7.37. The lowest BCUT2D eigenvalue weighted by molar-refractivity contribution is -0.159. The molecule has 0 radical (unpaired) electrons. The second-order valence-corrected chi connectivity index (χ2v) is 16.3. The zero-order valence-electron chi connectivity index (χ0n) is 33.8. The van der Waals surface area contributed by atoms with Gasteiger partial charge >= 0.3 is 30.0 Å². The molecule has 0 aliphatic rings. The number of hydrogen-bond acceptors (Lipinski definition) is 11. The highest BCUT2D eigenvalue weighted by molar-refractivity contribution is 5.88. The summed E-state index contributed by atoms with van der Waals surface area (Å²) in [6.45, 7) is 17.1. The second-order valence-electron chi connectivity index (χ2n) is 16.3. The Labute approximate surface area is 323 Å². The van der Waals surface area contributed by atoms with Gasteiger partial charge in [0.25, 0.3) is 0 Å². The van der Waals surface area contributed by atoms with Crippen molar-refractivity contribution in [3.8, 4) is 0 Å². The molecule has 1 aromatic carbocycles. The molecule has 0 aliphatic heterocycles. The van der Waals surface area contributed by atoms with E-state index < -0.39 is 76.9 Å². The molecule has 2 aromatic rings. The van der Waals surface area contributed by atoms with Crippen LogP contribution in [0.1, 0.15) is 113 Å². The van der Waals surface area contributed by atoms with Crippen LogP contribution in [0.15, 0.2) is 42.9 Å². The fraction of sp³-hybridized carbons (Fsp3) is 0.615. The van der Waals surface area contributed by atoms with Crippen LogP contribution >= 0.6 is 0 Å². The number of carbonyl (C=O) groups excluding carboxylic acids is 6. The lowest BCUT2D eigenvalue weighted by Crippen LogP contribution is -2.53. The molecule has 0 bridgehead atoms. The molecule has 1 heterocycles. The van der Waals surface area contributed by atoms with Gasteiger partial charge in [0.15, 0.2) is 0 Å². The van der Waals surface area contributed by atoms with E-state index in [-0.39, 0.29) is 32.3 Å². The average molecular weight is 773 g/mol. The van der Waals surface area contributed by atoms with Crippen molar-refractivity contribution in [2.24, 2.45) is 0 Å². The molecule has 55 heavy (non-hydrogen) atoms. The predicted molar refractivity (Wildman–Crippen MR) is 203 cm³/mol. The molecule has 4 amide bonds. The van der Waals surface area contributed by atoms with Crippen LogP contribution in [0.3, 0.4) is 0 Å². The van der Waals surface area contributed by atoms with Gasteiger partial charge in [-0.2, -0.15) is 0 Å². The van der Waals surface area contributed by atoms with Gasteiger partial charge < -0.3 is 45.2 Å². The number of urea groups is 1. The normalized spacial score (nSPS) is 13.9. The van der Waals surface area contributed by atoms with Crippen molar-refractivity contribution >= 4 is 35.9 Å². The van der Waals surface area contributed by atoms with Crippen LogP contribution in [-0.4, -0.2) is 86.9 Å². The van der Waals surface area contributed by atoms with Crippen LogP contribution in [0.2, 0.25) is 0 Å². The molecule has 1 unspecified atom stereocenters. The highest BCUT2D eigenvalue weighted by atomic mass is 16.6. The fourth-order valence-electron chi connectivity index (χ4n) is 5.03. The van der Waals surface area contributed by atoms with Crippen LogP contribution in [0.25, 0.3) is 0 Å². The van der Waals surface area contributed by atoms with Gasteiger partial charge in [0.1, 0.15) is 41.5 Å². The van der Waals surface area contributed by atoms with E-state index in [1.165, 1.54) is 6.33 Å². The van der Waals surface area contributed by atoms with E-state index in [4.69, 9.17) is 18.9 Å². The number of rotatable bonds is 18. The summed E-state index contributed by atoms with van der Waals surface area (Å²) in [6.07, 6.45) is 2.98. The third-order valence-corrected chi connectivity index (χ3v) is 7.37. The van der Waals surface area contributed by atoms with Crippen molar-refractivity contribution in [1.29, 1.82) is 0 Å². The number of aromatic amines is 1. The Morgan fingerprint density at radius 2 is 1.27 bits per heavy atom. The minimum Gasteiger partial charge on any atom is -0.460 e. The summed E-state index contributed by atoms with van der Waals surface area (Å²) in [6, 6.07) is 4.55. The summed E-state index contributed by atoms with van der Waals surface area (Å²) in [4.78, 5) is 84.9. The molecular weight excluding hydrogens is 712 g/mol. The summed E-state index contributed by atoms with van der Waals surface area (Å²) >= 11 is 0. The van der Waals surface area contributed by atoms with Crippen molar-refractivity contribution < 1.29 is 47.7 Å². The summed E-state index contributed by atoms with van der Waals surface area (Å²) in [7, 11) is 0. The molecule has 16 nitrogen and oxygen atoms in total. The molecule has 1 aromatic heterocycles. The molecule has 0 saturated heterocycles. The minimum absolute atomic E-state index is 0.0279. The first-order chi connectivity index (χ1) is 25.5. The first kappa shape index (κ1) is 46.0. The van der Waals surface area contributed by atoms with Crippen molar-refractivity contribution in [3.05, 3.63) is 54.1 Å². The Morgan fingerprint density at radius 1 is 0.709 bits per heavy atom. The van der Waals surface area contributed by atoms with Gasteiger partial charge in [0.05, 0.1) is 6.33 Å². The van der Waals surface area contributed by atoms with Crippen molar-refractivity contribution in [2.45, 2.75) is 155 Å². The van der Waals surface area contributed by atoms with E-state index in [2.05, 4.69) is 31.2 Å². The van der Waals surface area contributed by atoms with Gasteiger partial charge in [-0.3, -0.25) is 9.59 Å². The summed E-state index contributed by atoms with van der Waals surface area (Å²) < 4.78 is 21.7. The van der Waals surface area contributed by atoms with Crippen molar-refractivity contribution in [2.75, 3.05) is 0 Å². The van der Waals surface area contributed by atoms with Crippen molar-refractivity contribution in [1.82, 2.24) is 31.2 Å². The second kappa shape index (κ2) is 21.1. The van der Waals surface area contributed by atoms with E-state index in [9.17, 15) is 28.8 Å². The fourth-order valence-corrected chi connectivity index (χ4v) is 5.03. The number of nitrogens with zero attached hydrogens (tertiary/aromatic N) is 1. The summed E-state index contributed by atoms with van der Waals surface area (Å²) in [5.41, 5.74) is -1.05. The van der Waals surface area contributed by atoms with Gasteiger partial charge in [-0.1, -0.05) is 30.3 Å². The van der Waals surface area contributed by atoms with Crippen LogP contribution in [0.4, 0.5) is 9.59 Å². The Hall–Kier alpha value is -5.15. The predicted octanol–water partition coefficient (Wildman–Crippen LogP) is 4.76. The number of aromatic nitrogens is 2. The van der Waals surface area contributed by atoms with Gasteiger partial charge in [-0.25, -0.2) is 24.2 Å². The van der Waals surface area contributed by atoms with E-state index in [1.54, 1.807) is 75.4 Å². The maximum Gasteiger partial charge on any atom is 0.408 e. The van der Waals surface area contributed by atoms with Gasteiger partial charge in [-0.15, -0.1) is 0 Å². The van der Waals surface area contributed by atoms with Gasteiger partial charge in [0.2, 0.25) is 5.91 Å². The molecule has 4 atom stereocenters. The number of hydrogen-bond donors (Lipinski definition) is 5. The monoisotopic (exact) mass is 772 g/mol. The van der Waals surface area contributed by atoms with E-state index in [1.807, 2.05) is 30.3 Å². The first-order valence-electron chi connectivity index (χ1n) is 18.5. The topological polar surface area (TPSA) is 216 Å². The number of imidazole rings is 1. The molecule has 0 fully saturated rings. The van der Waals surface area contributed by atoms with Gasteiger partial charge in [0, 0.05) is 30.8 Å². The van der Waals surface area contributed by atoms with E-state index in [0.29, 0.717) is 18.5 Å².